The van der Waals surface area contributed by atoms with E-state index < -0.39 is 10.0 Å². The molecule has 21 heavy (non-hydrogen) atoms. The van der Waals surface area contributed by atoms with E-state index in [0.29, 0.717) is 23.1 Å². The van der Waals surface area contributed by atoms with Crippen LogP contribution in [0.1, 0.15) is 25.7 Å². The van der Waals surface area contributed by atoms with Gasteiger partial charge in [0.25, 0.3) is 0 Å². The Morgan fingerprint density at radius 3 is 2.71 bits per heavy atom. The summed E-state index contributed by atoms with van der Waals surface area (Å²) in [4.78, 5) is 0.236. The predicted molar refractivity (Wildman–Crippen MR) is 80.7 cm³/mol. The van der Waals surface area contributed by atoms with E-state index in [1.54, 1.807) is 18.2 Å². The number of nitrogens with zero attached hydrogens (tertiary/aromatic N) is 2. The molecule has 0 aliphatic carbocycles. The Bertz CT molecular complexity index is 761. The SMILES string of the molecule is O=S(=O)(NC1CC2CCC(C1)N2)c1cccc2nsnc12. The van der Waals surface area contributed by atoms with Gasteiger partial charge in [0.2, 0.25) is 10.0 Å². The summed E-state index contributed by atoms with van der Waals surface area (Å²) in [5.74, 6) is 0. The average Bonchev–Trinajstić information content (AvgIpc) is 3.04. The van der Waals surface area contributed by atoms with E-state index in [9.17, 15) is 8.42 Å². The molecule has 0 amide bonds. The van der Waals surface area contributed by atoms with Crippen LogP contribution in [0, 0.1) is 0 Å². The van der Waals surface area contributed by atoms with Crippen LogP contribution in [-0.2, 0) is 10.0 Å². The first kappa shape index (κ1) is 13.6. The summed E-state index contributed by atoms with van der Waals surface area (Å²) in [5, 5.41) is 3.52. The van der Waals surface area contributed by atoms with Crippen LogP contribution in [0.2, 0.25) is 0 Å². The van der Waals surface area contributed by atoms with Gasteiger partial charge in [-0.1, -0.05) is 6.07 Å². The first-order chi connectivity index (χ1) is 10.1. The van der Waals surface area contributed by atoms with Gasteiger partial charge >= 0.3 is 0 Å². The molecule has 2 bridgehead atoms. The Labute approximate surface area is 127 Å². The van der Waals surface area contributed by atoms with Gasteiger partial charge in [0, 0.05) is 18.1 Å². The van der Waals surface area contributed by atoms with Gasteiger partial charge in [-0.2, -0.15) is 8.75 Å². The number of nitrogens with one attached hydrogen (secondary N) is 2. The molecule has 0 spiro atoms. The van der Waals surface area contributed by atoms with Crippen molar-refractivity contribution in [3.05, 3.63) is 18.2 Å². The molecular weight excluding hydrogens is 308 g/mol. The number of fused-ring (bicyclic) bond motifs is 3. The van der Waals surface area contributed by atoms with Gasteiger partial charge in [-0.3, -0.25) is 0 Å². The van der Waals surface area contributed by atoms with Crippen LogP contribution >= 0.6 is 11.7 Å². The van der Waals surface area contributed by atoms with Crippen molar-refractivity contribution in [2.24, 2.45) is 0 Å². The Morgan fingerprint density at radius 2 is 1.95 bits per heavy atom. The Kier molecular flexibility index (Phi) is 3.21. The zero-order valence-corrected chi connectivity index (χ0v) is 13.0. The van der Waals surface area contributed by atoms with Crippen molar-refractivity contribution < 1.29 is 8.42 Å². The van der Waals surface area contributed by atoms with Crippen molar-refractivity contribution in [1.29, 1.82) is 0 Å². The molecule has 112 valence electrons. The predicted octanol–water partition coefficient (Wildman–Crippen LogP) is 1.25. The molecule has 1 aromatic carbocycles. The molecule has 2 fully saturated rings. The number of piperidine rings is 1. The monoisotopic (exact) mass is 324 g/mol. The first-order valence-corrected chi connectivity index (χ1v) is 9.33. The molecule has 0 saturated carbocycles. The Hall–Kier alpha value is -1.09. The minimum Gasteiger partial charge on any atom is -0.311 e. The highest BCUT2D eigenvalue weighted by Crippen LogP contribution is 2.28. The van der Waals surface area contributed by atoms with Gasteiger partial charge in [0.1, 0.15) is 15.9 Å². The van der Waals surface area contributed by atoms with Crippen LogP contribution in [0.25, 0.3) is 11.0 Å². The summed E-state index contributed by atoms with van der Waals surface area (Å²) in [6, 6.07) is 6.01. The van der Waals surface area contributed by atoms with Gasteiger partial charge in [-0.15, -0.1) is 0 Å². The summed E-state index contributed by atoms with van der Waals surface area (Å²) in [7, 11) is -3.55. The smallest absolute Gasteiger partial charge is 0.243 e. The van der Waals surface area contributed by atoms with Crippen molar-refractivity contribution in [3.8, 4) is 0 Å². The van der Waals surface area contributed by atoms with Crippen molar-refractivity contribution in [3.63, 3.8) is 0 Å². The number of rotatable bonds is 3. The maximum absolute atomic E-state index is 12.7. The third-order valence-electron chi connectivity index (χ3n) is 4.33. The molecule has 2 aliphatic heterocycles. The van der Waals surface area contributed by atoms with Crippen LogP contribution < -0.4 is 10.0 Å². The number of benzene rings is 1. The number of aromatic nitrogens is 2. The fourth-order valence-electron chi connectivity index (χ4n) is 3.43. The normalized spacial score (nSPS) is 29.0. The lowest BCUT2D eigenvalue weighted by atomic mass is 10.0. The van der Waals surface area contributed by atoms with E-state index in [2.05, 4.69) is 18.8 Å². The molecule has 3 heterocycles. The number of hydrogen-bond donors (Lipinski definition) is 2. The minimum atomic E-state index is -3.55. The maximum Gasteiger partial charge on any atom is 0.243 e. The summed E-state index contributed by atoms with van der Waals surface area (Å²) in [6.07, 6.45) is 4.02. The molecule has 2 saturated heterocycles. The third-order valence-corrected chi connectivity index (χ3v) is 6.43. The molecule has 2 aliphatic rings. The molecule has 1 aromatic heterocycles. The van der Waals surface area contributed by atoms with Crippen molar-refractivity contribution in [2.45, 2.75) is 48.7 Å². The van der Waals surface area contributed by atoms with Crippen molar-refractivity contribution in [2.75, 3.05) is 0 Å². The zero-order chi connectivity index (χ0) is 14.4. The van der Waals surface area contributed by atoms with Crippen LogP contribution in [0.5, 0.6) is 0 Å². The van der Waals surface area contributed by atoms with E-state index in [1.165, 1.54) is 0 Å². The van der Waals surface area contributed by atoms with Gasteiger partial charge in [0.05, 0.1) is 11.7 Å². The highest BCUT2D eigenvalue weighted by Gasteiger charge is 2.35. The second kappa shape index (κ2) is 4.98. The Balaban J connectivity index is 1.63. The van der Waals surface area contributed by atoms with Crippen molar-refractivity contribution in [1.82, 2.24) is 18.8 Å². The lowest BCUT2D eigenvalue weighted by Gasteiger charge is -2.29. The van der Waals surface area contributed by atoms with E-state index in [4.69, 9.17) is 0 Å². The van der Waals surface area contributed by atoms with Gasteiger partial charge in [0.15, 0.2) is 0 Å². The second-order valence-corrected chi connectivity index (χ2v) is 8.03. The fourth-order valence-corrected chi connectivity index (χ4v) is 5.46. The lowest BCUT2D eigenvalue weighted by molar-refractivity contribution is 0.345. The third kappa shape index (κ3) is 2.46. The molecule has 2 atom stereocenters. The van der Waals surface area contributed by atoms with E-state index in [1.807, 2.05) is 0 Å². The average molecular weight is 324 g/mol. The lowest BCUT2D eigenvalue weighted by Crippen LogP contribution is -2.47. The fraction of sp³-hybridized carbons (Fsp3) is 0.538. The standard InChI is InChI=1S/C13H16N4O2S2/c18-21(19,12-3-1-2-11-13(12)16-20-15-11)17-10-6-8-4-5-9(7-10)14-8/h1-3,8-10,14,17H,4-7H2. The molecule has 4 rings (SSSR count). The van der Waals surface area contributed by atoms with E-state index in [-0.39, 0.29) is 10.9 Å². The zero-order valence-electron chi connectivity index (χ0n) is 11.3. The Morgan fingerprint density at radius 1 is 1.19 bits per heavy atom. The molecule has 8 heteroatoms. The molecule has 2 N–H and O–H groups in total. The summed E-state index contributed by atoms with van der Waals surface area (Å²) in [5.41, 5.74) is 1.10. The van der Waals surface area contributed by atoms with E-state index >= 15 is 0 Å². The first-order valence-electron chi connectivity index (χ1n) is 7.11. The highest BCUT2D eigenvalue weighted by molar-refractivity contribution is 7.89. The molecule has 2 aromatic rings. The minimum absolute atomic E-state index is 0.00982. The van der Waals surface area contributed by atoms with Gasteiger partial charge in [-0.25, -0.2) is 13.1 Å². The molecule has 2 unspecified atom stereocenters. The van der Waals surface area contributed by atoms with Gasteiger partial charge in [-0.05, 0) is 37.8 Å². The highest BCUT2D eigenvalue weighted by atomic mass is 32.2. The topological polar surface area (TPSA) is 84.0 Å². The van der Waals surface area contributed by atoms with E-state index in [0.717, 1.165) is 37.4 Å². The van der Waals surface area contributed by atoms with Crippen LogP contribution in [0.4, 0.5) is 0 Å². The number of hydrogen-bond acceptors (Lipinski definition) is 6. The van der Waals surface area contributed by atoms with Crippen LogP contribution in [0.15, 0.2) is 23.1 Å². The molecule has 0 radical (unpaired) electrons. The number of sulfonamides is 1. The van der Waals surface area contributed by atoms with Gasteiger partial charge < -0.3 is 5.32 Å². The largest absolute Gasteiger partial charge is 0.311 e. The van der Waals surface area contributed by atoms with Crippen molar-refractivity contribution >= 4 is 32.8 Å². The maximum atomic E-state index is 12.7. The molecule has 6 nitrogen and oxygen atoms in total. The quantitative estimate of drug-likeness (QED) is 0.888. The summed E-state index contributed by atoms with van der Waals surface area (Å²) < 4.78 is 36.4. The second-order valence-electron chi connectivity index (χ2n) is 5.82. The summed E-state index contributed by atoms with van der Waals surface area (Å²) >= 11 is 1.04. The van der Waals surface area contributed by atoms with Crippen LogP contribution in [-0.4, -0.2) is 35.3 Å². The molecular formula is C13H16N4O2S2. The van der Waals surface area contributed by atoms with Crippen LogP contribution in [0.3, 0.4) is 0 Å². The summed E-state index contributed by atoms with van der Waals surface area (Å²) in [6.45, 7) is 0.